The zero-order valence-corrected chi connectivity index (χ0v) is 20.8. The molecule has 178 valence electrons. The normalized spacial score (nSPS) is 15.2. The first-order valence-electron chi connectivity index (χ1n) is 11.2. The van der Waals surface area contributed by atoms with Crippen molar-refractivity contribution in [2.75, 3.05) is 23.1 Å². The summed E-state index contributed by atoms with van der Waals surface area (Å²) in [4.78, 5) is 27.1. The number of carbonyl (C=O) groups excluding carboxylic acids is 2. The third-order valence-electron chi connectivity index (χ3n) is 5.94. The number of sulfonamides is 1. The van der Waals surface area contributed by atoms with Crippen molar-refractivity contribution >= 4 is 33.2 Å². The third kappa shape index (κ3) is 5.93. The monoisotopic (exact) mass is 471 g/mol. The van der Waals surface area contributed by atoms with Crippen LogP contribution in [-0.4, -0.2) is 38.2 Å². The van der Waals surface area contributed by atoms with Crippen molar-refractivity contribution in [2.24, 2.45) is 11.3 Å². The predicted octanol–water partition coefficient (Wildman–Crippen LogP) is 4.33. The number of nitrogens with zero attached hydrogens (tertiary/aromatic N) is 1. The van der Waals surface area contributed by atoms with Gasteiger partial charge in [-0.2, -0.15) is 0 Å². The van der Waals surface area contributed by atoms with Gasteiger partial charge in [0.05, 0.1) is 10.6 Å². The fourth-order valence-corrected chi connectivity index (χ4v) is 5.15. The summed E-state index contributed by atoms with van der Waals surface area (Å²) in [6, 6.07) is 11.7. The molecule has 0 aromatic heterocycles. The van der Waals surface area contributed by atoms with E-state index in [2.05, 4.69) is 10.0 Å². The molecule has 0 atom stereocenters. The summed E-state index contributed by atoms with van der Waals surface area (Å²) in [5.74, 6) is -0.182. The molecular formula is C25H33N3O4S. The summed E-state index contributed by atoms with van der Waals surface area (Å²) in [5.41, 5.74) is 2.38. The largest absolute Gasteiger partial charge is 0.342 e. The Hall–Kier alpha value is -2.87. The van der Waals surface area contributed by atoms with Crippen LogP contribution in [0.2, 0.25) is 0 Å². The summed E-state index contributed by atoms with van der Waals surface area (Å²) in [7, 11) is -3.75. The fourth-order valence-electron chi connectivity index (χ4n) is 3.95. The van der Waals surface area contributed by atoms with Crippen molar-refractivity contribution in [2.45, 2.75) is 52.4 Å². The molecular weight excluding hydrogens is 438 g/mol. The zero-order valence-electron chi connectivity index (χ0n) is 19.9. The minimum Gasteiger partial charge on any atom is -0.342 e. The van der Waals surface area contributed by atoms with Gasteiger partial charge in [-0.3, -0.25) is 14.3 Å². The Kier molecular flexibility index (Phi) is 7.17. The second kappa shape index (κ2) is 9.55. The summed E-state index contributed by atoms with van der Waals surface area (Å²) in [5, 5.41) is 2.87. The molecule has 0 unspecified atom stereocenters. The number of para-hydroxylation sites is 1. The van der Waals surface area contributed by atoms with E-state index in [-0.39, 0.29) is 22.6 Å². The van der Waals surface area contributed by atoms with E-state index in [0.717, 1.165) is 11.1 Å². The molecule has 33 heavy (non-hydrogen) atoms. The van der Waals surface area contributed by atoms with Gasteiger partial charge in [0.15, 0.2) is 0 Å². The van der Waals surface area contributed by atoms with Crippen molar-refractivity contribution in [1.82, 2.24) is 4.90 Å². The fraction of sp³-hybridized carbons (Fsp3) is 0.440. The standard InChI is InChI=1S/C25H33N3O4S/c1-17-7-6-8-18(2)22(17)27-33(31,32)21-11-9-20(10-12-21)26-23(29)19-13-15-28(16-14-19)24(30)25(3,4)5/h6-12,19,27H,13-16H2,1-5H3,(H,26,29). The van der Waals surface area contributed by atoms with Gasteiger partial charge in [-0.25, -0.2) is 8.42 Å². The highest BCUT2D eigenvalue weighted by molar-refractivity contribution is 7.92. The van der Waals surface area contributed by atoms with E-state index in [1.54, 1.807) is 12.1 Å². The van der Waals surface area contributed by atoms with E-state index in [1.807, 2.05) is 57.7 Å². The third-order valence-corrected chi connectivity index (χ3v) is 7.31. The van der Waals surface area contributed by atoms with Gasteiger partial charge >= 0.3 is 0 Å². The lowest BCUT2D eigenvalue weighted by molar-refractivity contribution is -0.142. The van der Waals surface area contributed by atoms with Gasteiger partial charge in [0, 0.05) is 30.1 Å². The lowest BCUT2D eigenvalue weighted by Gasteiger charge is -2.35. The quantitative estimate of drug-likeness (QED) is 0.679. The second-order valence-electron chi connectivity index (χ2n) is 9.70. The smallest absolute Gasteiger partial charge is 0.261 e. The Morgan fingerprint density at radius 2 is 1.48 bits per heavy atom. The Bertz CT molecular complexity index is 1110. The van der Waals surface area contributed by atoms with E-state index in [9.17, 15) is 18.0 Å². The lowest BCUT2D eigenvalue weighted by Crippen LogP contribution is -2.45. The number of rotatable bonds is 5. The van der Waals surface area contributed by atoms with E-state index in [4.69, 9.17) is 0 Å². The molecule has 1 aliphatic rings. The predicted molar refractivity (Wildman–Crippen MR) is 131 cm³/mol. The van der Waals surface area contributed by atoms with Gasteiger partial charge in [-0.1, -0.05) is 39.0 Å². The van der Waals surface area contributed by atoms with Crippen LogP contribution in [0.3, 0.4) is 0 Å². The number of amides is 2. The van der Waals surface area contributed by atoms with E-state index < -0.39 is 15.4 Å². The molecule has 7 nitrogen and oxygen atoms in total. The van der Waals surface area contributed by atoms with Crippen molar-refractivity contribution in [1.29, 1.82) is 0 Å². The molecule has 1 fully saturated rings. The molecule has 0 aliphatic carbocycles. The van der Waals surface area contributed by atoms with Crippen LogP contribution >= 0.6 is 0 Å². The molecule has 2 aromatic carbocycles. The maximum absolute atomic E-state index is 12.8. The first-order valence-corrected chi connectivity index (χ1v) is 12.7. The Labute approximate surface area is 196 Å². The number of carbonyl (C=O) groups is 2. The number of hydrogen-bond acceptors (Lipinski definition) is 4. The summed E-state index contributed by atoms with van der Waals surface area (Å²) in [6.45, 7) is 10.5. The number of likely N-dealkylation sites (tertiary alicyclic amines) is 1. The first-order chi connectivity index (χ1) is 15.4. The van der Waals surface area contributed by atoms with E-state index >= 15 is 0 Å². The summed E-state index contributed by atoms with van der Waals surface area (Å²) >= 11 is 0. The summed E-state index contributed by atoms with van der Waals surface area (Å²) in [6.07, 6.45) is 1.22. The Balaban J connectivity index is 1.60. The minimum atomic E-state index is -3.75. The van der Waals surface area contributed by atoms with Crippen LogP contribution in [0, 0.1) is 25.2 Å². The molecule has 1 aliphatic heterocycles. The molecule has 2 aromatic rings. The van der Waals surface area contributed by atoms with Gasteiger partial charge in [-0.15, -0.1) is 0 Å². The molecule has 1 heterocycles. The second-order valence-corrected chi connectivity index (χ2v) is 11.4. The van der Waals surface area contributed by atoms with Crippen LogP contribution in [0.4, 0.5) is 11.4 Å². The van der Waals surface area contributed by atoms with Gasteiger partial charge < -0.3 is 10.2 Å². The SMILES string of the molecule is Cc1cccc(C)c1NS(=O)(=O)c1ccc(NC(=O)C2CCN(C(=O)C(C)(C)C)CC2)cc1. The maximum Gasteiger partial charge on any atom is 0.261 e. The van der Waals surface area contributed by atoms with Crippen LogP contribution < -0.4 is 10.0 Å². The number of nitrogens with one attached hydrogen (secondary N) is 2. The molecule has 3 rings (SSSR count). The number of benzene rings is 2. The zero-order chi connectivity index (χ0) is 24.4. The van der Waals surface area contributed by atoms with Crippen LogP contribution in [0.25, 0.3) is 0 Å². The van der Waals surface area contributed by atoms with Crippen LogP contribution in [0.1, 0.15) is 44.7 Å². The molecule has 8 heteroatoms. The maximum atomic E-state index is 12.8. The highest BCUT2D eigenvalue weighted by Gasteiger charge is 2.32. The molecule has 0 saturated carbocycles. The molecule has 1 saturated heterocycles. The highest BCUT2D eigenvalue weighted by atomic mass is 32.2. The van der Waals surface area contributed by atoms with Crippen LogP contribution in [0.15, 0.2) is 47.4 Å². The number of anilines is 2. The lowest BCUT2D eigenvalue weighted by atomic mass is 9.90. The summed E-state index contributed by atoms with van der Waals surface area (Å²) < 4.78 is 28.3. The minimum absolute atomic E-state index is 0.104. The molecule has 2 N–H and O–H groups in total. The molecule has 0 spiro atoms. The van der Waals surface area contributed by atoms with Gasteiger partial charge in [0.25, 0.3) is 10.0 Å². The number of piperidine rings is 1. The van der Waals surface area contributed by atoms with Crippen molar-refractivity contribution < 1.29 is 18.0 Å². The van der Waals surface area contributed by atoms with Crippen molar-refractivity contribution in [3.05, 3.63) is 53.6 Å². The van der Waals surface area contributed by atoms with Gasteiger partial charge in [-0.05, 0) is 62.1 Å². The van der Waals surface area contributed by atoms with Crippen molar-refractivity contribution in [3.63, 3.8) is 0 Å². The molecule has 2 amide bonds. The van der Waals surface area contributed by atoms with Gasteiger partial charge in [0.2, 0.25) is 11.8 Å². The van der Waals surface area contributed by atoms with Gasteiger partial charge in [0.1, 0.15) is 0 Å². The topological polar surface area (TPSA) is 95.6 Å². The Morgan fingerprint density at radius 1 is 0.939 bits per heavy atom. The molecule has 0 bridgehead atoms. The van der Waals surface area contributed by atoms with E-state index in [1.165, 1.54) is 12.1 Å². The average Bonchev–Trinajstić information content (AvgIpc) is 2.76. The first kappa shape index (κ1) is 24.8. The van der Waals surface area contributed by atoms with Crippen LogP contribution in [0.5, 0.6) is 0 Å². The average molecular weight is 472 g/mol. The molecule has 0 radical (unpaired) electrons. The number of hydrogen-bond donors (Lipinski definition) is 2. The number of aryl methyl sites for hydroxylation is 2. The van der Waals surface area contributed by atoms with Crippen LogP contribution in [-0.2, 0) is 19.6 Å². The Morgan fingerprint density at radius 3 is 2.00 bits per heavy atom. The van der Waals surface area contributed by atoms with Crippen molar-refractivity contribution in [3.8, 4) is 0 Å². The highest BCUT2D eigenvalue weighted by Crippen LogP contribution is 2.26. The van der Waals surface area contributed by atoms with E-state index in [0.29, 0.717) is 37.3 Å².